The lowest BCUT2D eigenvalue weighted by Crippen LogP contribution is -2.51. The van der Waals surface area contributed by atoms with Gasteiger partial charge in [-0.25, -0.2) is 8.42 Å². The second-order valence-electron chi connectivity index (χ2n) is 6.65. The van der Waals surface area contributed by atoms with Crippen molar-refractivity contribution in [3.63, 3.8) is 0 Å². The Hall–Kier alpha value is -2.18. The molecule has 0 N–H and O–H groups in total. The smallest absolute Gasteiger partial charge is 0.243 e. The molecular weight excluding hydrogens is 348 g/mol. The van der Waals surface area contributed by atoms with Gasteiger partial charge < -0.3 is 4.90 Å². The molecule has 0 spiro atoms. The van der Waals surface area contributed by atoms with Crippen molar-refractivity contribution in [1.29, 1.82) is 0 Å². The highest BCUT2D eigenvalue weighted by molar-refractivity contribution is 7.89. The molecule has 1 aliphatic heterocycles. The number of amides is 1. The van der Waals surface area contributed by atoms with Gasteiger partial charge in [-0.2, -0.15) is 4.31 Å². The predicted molar refractivity (Wildman–Crippen MR) is 101 cm³/mol. The van der Waals surface area contributed by atoms with E-state index in [0.717, 1.165) is 16.7 Å². The third-order valence-electron chi connectivity index (χ3n) is 4.91. The molecule has 5 nitrogen and oxygen atoms in total. The molecule has 3 rings (SSSR count). The molecule has 2 aromatic carbocycles. The number of nitrogens with zero attached hydrogens (tertiary/aromatic N) is 2. The number of piperazine rings is 1. The molecule has 1 heterocycles. The molecule has 1 fully saturated rings. The maximum Gasteiger partial charge on any atom is 0.243 e. The molecule has 26 heavy (non-hydrogen) atoms. The van der Waals surface area contributed by atoms with Crippen LogP contribution in [0.1, 0.15) is 16.7 Å². The highest BCUT2D eigenvalue weighted by Crippen LogP contribution is 2.21. The zero-order valence-electron chi connectivity index (χ0n) is 15.2. The minimum absolute atomic E-state index is 0.0484. The molecule has 1 aliphatic rings. The number of benzene rings is 2. The minimum Gasteiger partial charge on any atom is -0.340 e. The van der Waals surface area contributed by atoms with Gasteiger partial charge in [0.05, 0.1) is 11.3 Å². The van der Waals surface area contributed by atoms with Crippen molar-refractivity contribution < 1.29 is 13.2 Å². The van der Waals surface area contributed by atoms with E-state index in [0.29, 0.717) is 37.5 Å². The van der Waals surface area contributed by atoms with E-state index in [1.54, 1.807) is 30.0 Å². The van der Waals surface area contributed by atoms with Crippen LogP contribution in [0.25, 0.3) is 0 Å². The molecular formula is C20H24N2O3S. The highest BCUT2D eigenvalue weighted by atomic mass is 32.2. The number of aryl methyl sites for hydroxylation is 2. The van der Waals surface area contributed by atoms with E-state index in [9.17, 15) is 13.2 Å². The summed E-state index contributed by atoms with van der Waals surface area (Å²) in [6.07, 6.45) is 0.358. The van der Waals surface area contributed by atoms with E-state index in [-0.39, 0.29) is 5.91 Å². The first-order valence-corrected chi connectivity index (χ1v) is 10.2. The summed E-state index contributed by atoms with van der Waals surface area (Å²) in [5.41, 5.74) is 2.86. The van der Waals surface area contributed by atoms with E-state index in [1.807, 2.05) is 37.3 Å². The summed E-state index contributed by atoms with van der Waals surface area (Å²) in [5, 5.41) is 0. The lowest BCUT2D eigenvalue weighted by molar-refractivity contribution is -0.131. The molecule has 0 unspecified atom stereocenters. The van der Waals surface area contributed by atoms with E-state index in [2.05, 4.69) is 0 Å². The summed E-state index contributed by atoms with van der Waals surface area (Å²) < 4.78 is 27.2. The zero-order chi connectivity index (χ0) is 18.7. The van der Waals surface area contributed by atoms with Crippen molar-refractivity contribution in [1.82, 2.24) is 9.21 Å². The van der Waals surface area contributed by atoms with E-state index >= 15 is 0 Å². The summed E-state index contributed by atoms with van der Waals surface area (Å²) in [6.45, 7) is 5.31. The van der Waals surface area contributed by atoms with Crippen LogP contribution in [0.5, 0.6) is 0 Å². The topological polar surface area (TPSA) is 57.7 Å². The van der Waals surface area contributed by atoms with Crippen LogP contribution in [-0.2, 0) is 21.2 Å². The Balaban J connectivity index is 1.65. The van der Waals surface area contributed by atoms with Crippen LogP contribution in [0.15, 0.2) is 53.4 Å². The normalized spacial score (nSPS) is 15.8. The van der Waals surface area contributed by atoms with E-state index in [1.165, 1.54) is 4.31 Å². The predicted octanol–water partition coefficient (Wildman–Crippen LogP) is 2.38. The van der Waals surface area contributed by atoms with Crippen LogP contribution < -0.4 is 0 Å². The Morgan fingerprint density at radius 1 is 0.885 bits per heavy atom. The standard InChI is InChI=1S/C20H24N2O3S/c1-16-7-3-5-9-18(16)15-20(23)21-11-13-22(14-12-21)26(24,25)19-10-6-4-8-17(19)2/h3-10H,11-15H2,1-2H3. The second kappa shape index (κ2) is 7.60. The molecule has 1 amide bonds. The van der Waals surface area contributed by atoms with Gasteiger partial charge in [0.15, 0.2) is 0 Å². The Morgan fingerprint density at radius 2 is 1.46 bits per heavy atom. The van der Waals surface area contributed by atoms with Crippen LogP contribution in [-0.4, -0.2) is 49.7 Å². The first-order chi connectivity index (χ1) is 12.4. The van der Waals surface area contributed by atoms with Gasteiger partial charge in [0.25, 0.3) is 0 Å². The molecule has 6 heteroatoms. The fraction of sp³-hybridized carbons (Fsp3) is 0.350. The second-order valence-corrected chi connectivity index (χ2v) is 8.56. The van der Waals surface area contributed by atoms with Gasteiger partial charge in [-0.1, -0.05) is 42.5 Å². The summed E-state index contributed by atoms with van der Waals surface area (Å²) in [7, 11) is -3.51. The van der Waals surface area contributed by atoms with Gasteiger partial charge in [0.1, 0.15) is 0 Å². The van der Waals surface area contributed by atoms with E-state index in [4.69, 9.17) is 0 Å². The highest BCUT2D eigenvalue weighted by Gasteiger charge is 2.30. The van der Waals surface area contributed by atoms with Crippen molar-refractivity contribution in [2.24, 2.45) is 0 Å². The summed E-state index contributed by atoms with van der Waals surface area (Å²) in [5.74, 6) is 0.0484. The number of carbonyl (C=O) groups is 1. The summed E-state index contributed by atoms with van der Waals surface area (Å²) >= 11 is 0. The van der Waals surface area contributed by atoms with Gasteiger partial charge in [-0.05, 0) is 36.6 Å². The molecule has 2 aromatic rings. The van der Waals surface area contributed by atoms with Gasteiger partial charge >= 0.3 is 0 Å². The van der Waals surface area contributed by atoms with Crippen molar-refractivity contribution in [2.75, 3.05) is 26.2 Å². The Bertz CT molecular complexity index is 901. The maximum absolute atomic E-state index is 12.8. The number of carbonyl (C=O) groups excluding carboxylic acids is 1. The average molecular weight is 372 g/mol. The molecule has 0 atom stereocenters. The van der Waals surface area contributed by atoms with Crippen LogP contribution in [0.4, 0.5) is 0 Å². The first kappa shape index (κ1) is 18.6. The Morgan fingerprint density at radius 3 is 2.08 bits per heavy atom. The molecule has 0 aromatic heterocycles. The van der Waals surface area contributed by atoms with Crippen molar-refractivity contribution >= 4 is 15.9 Å². The van der Waals surface area contributed by atoms with Gasteiger partial charge in [0.2, 0.25) is 15.9 Å². The first-order valence-electron chi connectivity index (χ1n) is 8.77. The van der Waals surface area contributed by atoms with E-state index < -0.39 is 10.0 Å². The summed E-state index contributed by atoms with van der Waals surface area (Å²) in [4.78, 5) is 14.7. The van der Waals surface area contributed by atoms with Crippen molar-refractivity contribution in [3.8, 4) is 0 Å². The quantitative estimate of drug-likeness (QED) is 0.828. The van der Waals surface area contributed by atoms with Crippen LogP contribution in [0, 0.1) is 13.8 Å². The largest absolute Gasteiger partial charge is 0.340 e. The lowest BCUT2D eigenvalue weighted by Gasteiger charge is -2.34. The number of hydrogen-bond donors (Lipinski definition) is 0. The SMILES string of the molecule is Cc1ccccc1CC(=O)N1CCN(S(=O)(=O)c2ccccc2C)CC1. The van der Waals surface area contributed by atoms with Gasteiger partial charge in [0, 0.05) is 26.2 Å². The van der Waals surface area contributed by atoms with Crippen LogP contribution in [0.2, 0.25) is 0 Å². The average Bonchev–Trinajstić information content (AvgIpc) is 2.64. The molecule has 0 saturated carbocycles. The minimum atomic E-state index is -3.51. The maximum atomic E-state index is 12.8. The molecule has 1 saturated heterocycles. The van der Waals surface area contributed by atoms with Gasteiger partial charge in [-0.3, -0.25) is 4.79 Å². The van der Waals surface area contributed by atoms with Crippen molar-refractivity contribution in [3.05, 3.63) is 65.2 Å². The molecule has 138 valence electrons. The number of sulfonamides is 1. The number of rotatable bonds is 4. The molecule has 0 aliphatic carbocycles. The summed E-state index contributed by atoms with van der Waals surface area (Å²) in [6, 6.07) is 14.9. The number of hydrogen-bond acceptors (Lipinski definition) is 3. The van der Waals surface area contributed by atoms with Crippen molar-refractivity contribution in [2.45, 2.75) is 25.2 Å². The lowest BCUT2D eigenvalue weighted by atomic mass is 10.1. The van der Waals surface area contributed by atoms with Crippen LogP contribution >= 0.6 is 0 Å². The Labute approximate surface area is 155 Å². The van der Waals surface area contributed by atoms with Gasteiger partial charge in [-0.15, -0.1) is 0 Å². The third kappa shape index (κ3) is 3.81. The third-order valence-corrected chi connectivity index (χ3v) is 6.96. The molecule has 0 bridgehead atoms. The molecule has 0 radical (unpaired) electrons. The fourth-order valence-electron chi connectivity index (χ4n) is 3.25. The fourth-order valence-corrected chi connectivity index (χ4v) is 4.89. The van der Waals surface area contributed by atoms with Crippen LogP contribution in [0.3, 0.4) is 0 Å². The Kier molecular flexibility index (Phi) is 5.44. The monoisotopic (exact) mass is 372 g/mol. The zero-order valence-corrected chi connectivity index (χ0v) is 16.0.